The maximum absolute atomic E-state index is 11.2. The van der Waals surface area contributed by atoms with E-state index >= 15 is 0 Å². The van der Waals surface area contributed by atoms with E-state index in [-0.39, 0.29) is 6.04 Å². The van der Waals surface area contributed by atoms with Crippen molar-refractivity contribution < 1.29 is 8.42 Å². The van der Waals surface area contributed by atoms with E-state index in [4.69, 9.17) is 5.73 Å². The molecule has 0 amide bonds. The van der Waals surface area contributed by atoms with Crippen molar-refractivity contribution in [3.8, 4) is 0 Å². The number of nitrogens with two attached hydrogens (primary N) is 1. The largest absolute Gasteiger partial charge is 0.324 e. The SMILES string of the molecule is CC(N)c1ccc(S(C)(=O)=O)cc1Br. The summed E-state index contributed by atoms with van der Waals surface area (Å²) in [6, 6.07) is 4.76. The molecule has 1 rings (SSSR count). The van der Waals surface area contributed by atoms with Gasteiger partial charge < -0.3 is 5.73 Å². The summed E-state index contributed by atoms with van der Waals surface area (Å²) in [4.78, 5) is 0.300. The summed E-state index contributed by atoms with van der Waals surface area (Å²) in [6.07, 6.45) is 1.18. The molecule has 0 bridgehead atoms. The lowest BCUT2D eigenvalue weighted by atomic mass is 10.1. The van der Waals surface area contributed by atoms with Crippen LogP contribution in [0.4, 0.5) is 0 Å². The molecule has 0 aromatic heterocycles. The first-order valence-corrected chi connectivity index (χ1v) is 6.76. The van der Waals surface area contributed by atoms with Crippen molar-refractivity contribution in [1.82, 2.24) is 0 Å². The molecule has 0 saturated carbocycles. The van der Waals surface area contributed by atoms with Gasteiger partial charge in [-0.25, -0.2) is 8.42 Å². The molecule has 78 valence electrons. The Hall–Kier alpha value is -0.390. The third-order valence-corrected chi connectivity index (χ3v) is 3.69. The summed E-state index contributed by atoms with van der Waals surface area (Å²) in [5.74, 6) is 0. The van der Waals surface area contributed by atoms with Gasteiger partial charge in [0.25, 0.3) is 0 Å². The molecule has 0 heterocycles. The lowest BCUT2D eigenvalue weighted by molar-refractivity contribution is 0.601. The van der Waals surface area contributed by atoms with Gasteiger partial charge >= 0.3 is 0 Å². The minimum atomic E-state index is -3.14. The quantitative estimate of drug-likeness (QED) is 0.898. The Morgan fingerprint density at radius 2 is 2.00 bits per heavy atom. The van der Waals surface area contributed by atoms with Crippen molar-refractivity contribution in [3.63, 3.8) is 0 Å². The highest BCUT2D eigenvalue weighted by atomic mass is 79.9. The van der Waals surface area contributed by atoms with Crippen LogP contribution in [0.15, 0.2) is 27.6 Å². The van der Waals surface area contributed by atoms with Crippen LogP contribution in [0.25, 0.3) is 0 Å². The average Bonchev–Trinajstić information content (AvgIpc) is 2.01. The van der Waals surface area contributed by atoms with Gasteiger partial charge in [0, 0.05) is 16.8 Å². The molecule has 3 nitrogen and oxygen atoms in total. The van der Waals surface area contributed by atoms with Crippen LogP contribution in [0.5, 0.6) is 0 Å². The number of rotatable bonds is 2. The van der Waals surface area contributed by atoms with Gasteiger partial charge in [-0.15, -0.1) is 0 Å². The summed E-state index contributed by atoms with van der Waals surface area (Å²) in [5, 5.41) is 0. The molecule has 1 unspecified atom stereocenters. The lowest BCUT2D eigenvalue weighted by Crippen LogP contribution is -2.06. The van der Waals surface area contributed by atoms with Crippen LogP contribution in [-0.4, -0.2) is 14.7 Å². The topological polar surface area (TPSA) is 60.2 Å². The average molecular weight is 278 g/mol. The second kappa shape index (κ2) is 4.00. The molecule has 14 heavy (non-hydrogen) atoms. The molecule has 0 aliphatic rings. The number of halogens is 1. The van der Waals surface area contributed by atoms with Gasteiger partial charge in [-0.05, 0) is 24.6 Å². The minimum Gasteiger partial charge on any atom is -0.324 e. The zero-order valence-corrected chi connectivity index (χ0v) is 10.4. The van der Waals surface area contributed by atoms with Gasteiger partial charge in [-0.2, -0.15) is 0 Å². The van der Waals surface area contributed by atoms with E-state index < -0.39 is 9.84 Å². The Morgan fingerprint density at radius 3 is 2.36 bits per heavy atom. The van der Waals surface area contributed by atoms with E-state index in [2.05, 4.69) is 15.9 Å². The summed E-state index contributed by atoms with van der Waals surface area (Å²) in [5.41, 5.74) is 6.59. The Kier molecular flexibility index (Phi) is 3.34. The van der Waals surface area contributed by atoms with E-state index in [1.807, 2.05) is 6.92 Å². The first-order valence-electron chi connectivity index (χ1n) is 4.07. The smallest absolute Gasteiger partial charge is 0.175 e. The Balaban J connectivity index is 3.27. The second-order valence-corrected chi connectivity index (χ2v) is 6.11. The normalized spacial score (nSPS) is 14.0. The fourth-order valence-electron chi connectivity index (χ4n) is 1.11. The second-order valence-electron chi connectivity index (χ2n) is 3.24. The molecule has 0 aliphatic heterocycles. The highest BCUT2D eigenvalue weighted by Crippen LogP contribution is 2.25. The first kappa shape index (κ1) is 11.7. The van der Waals surface area contributed by atoms with Gasteiger partial charge in [0.15, 0.2) is 9.84 Å². The molecular weight excluding hydrogens is 266 g/mol. The first-order chi connectivity index (χ1) is 6.32. The zero-order valence-electron chi connectivity index (χ0n) is 7.99. The van der Waals surface area contributed by atoms with E-state index in [0.29, 0.717) is 4.90 Å². The molecular formula is C9H12BrNO2S. The molecule has 0 fully saturated rings. The van der Waals surface area contributed by atoms with Crippen LogP contribution >= 0.6 is 15.9 Å². The minimum absolute atomic E-state index is 0.113. The van der Waals surface area contributed by atoms with Crippen molar-refractivity contribution >= 4 is 25.8 Å². The van der Waals surface area contributed by atoms with Crippen LogP contribution in [0.2, 0.25) is 0 Å². The van der Waals surface area contributed by atoms with Crippen LogP contribution in [0, 0.1) is 0 Å². The summed E-state index contributed by atoms with van der Waals surface area (Å²) in [6.45, 7) is 1.85. The van der Waals surface area contributed by atoms with Crippen molar-refractivity contribution in [2.75, 3.05) is 6.26 Å². The van der Waals surface area contributed by atoms with Crippen LogP contribution in [0.1, 0.15) is 18.5 Å². The van der Waals surface area contributed by atoms with E-state index in [9.17, 15) is 8.42 Å². The van der Waals surface area contributed by atoms with Crippen molar-refractivity contribution in [2.45, 2.75) is 17.9 Å². The highest BCUT2D eigenvalue weighted by Gasteiger charge is 2.11. The molecule has 0 spiro atoms. The molecule has 5 heteroatoms. The van der Waals surface area contributed by atoms with Crippen molar-refractivity contribution in [1.29, 1.82) is 0 Å². The number of hydrogen-bond donors (Lipinski definition) is 1. The van der Waals surface area contributed by atoms with E-state index in [0.717, 1.165) is 10.0 Å². The van der Waals surface area contributed by atoms with Gasteiger partial charge in [0.2, 0.25) is 0 Å². The van der Waals surface area contributed by atoms with Crippen LogP contribution in [0.3, 0.4) is 0 Å². The predicted molar refractivity (Wildman–Crippen MR) is 59.9 cm³/mol. The molecule has 1 aromatic rings. The molecule has 1 atom stereocenters. The Bertz CT molecular complexity index is 440. The Morgan fingerprint density at radius 1 is 1.43 bits per heavy atom. The van der Waals surface area contributed by atoms with Crippen molar-refractivity contribution in [3.05, 3.63) is 28.2 Å². The van der Waals surface area contributed by atoms with Gasteiger partial charge in [0.1, 0.15) is 0 Å². The van der Waals surface area contributed by atoms with Crippen LogP contribution in [-0.2, 0) is 9.84 Å². The fraction of sp³-hybridized carbons (Fsp3) is 0.333. The zero-order chi connectivity index (χ0) is 10.9. The molecule has 0 aliphatic carbocycles. The van der Waals surface area contributed by atoms with E-state index in [1.165, 1.54) is 6.26 Å². The fourth-order valence-corrected chi connectivity index (χ4v) is 2.65. The van der Waals surface area contributed by atoms with Gasteiger partial charge in [-0.1, -0.05) is 22.0 Å². The summed E-state index contributed by atoms with van der Waals surface area (Å²) < 4.78 is 23.2. The number of benzene rings is 1. The monoisotopic (exact) mass is 277 g/mol. The maximum Gasteiger partial charge on any atom is 0.175 e. The molecule has 2 N–H and O–H groups in total. The molecule has 0 saturated heterocycles. The molecule has 0 radical (unpaired) electrons. The van der Waals surface area contributed by atoms with E-state index in [1.54, 1.807) is 18.2 Å². The molecule has 1 aromatic carbocycles. The Labute approximate surface area is 92.4 Å². The van der Waals surface area contributed by atoms with Gasteiger partial charge in [-0.3, -0.25) is 0 Å². The van der Waals surface area contributed by atoms with Crippen molar-refractivity contribution in [2.24, 2.45) is 5.73 Å². The van der Waals surface area contributed by atoms with Crippen LogP contribution < -0.4 is 5.73 Å². The third kappa shape index (κ3) is 2.56. The number of sulfone groups is 1. The number of hydrogen-bond acceptors (Lipinski definition) is 3. The third-order valence-electron chi connectivity index (χ3n) is 1.89. The standard InChI is InChI=1S/C9H12BrNO2S/c1-6(11)8-4-3-7(5-9(8)10)14(2,12)13/h3-6H,11H2,1-2H3. The summed E-state index contributed by atoms with van der Waals surface area (Å²) in [7, 11) is -3.14. The lowest BCUT2D eigenvalue weighted by Gasteiger charge is -2.09. The predicted octanol–water partition coefficient (Wildman–Crippen LogP) is 1.87. The highest BCUT2D eigenvalue weighted by molar-refractivity contribution is 9.10. The maximum atomic E-state index is 11.2. The van der Waals surface area contributed by atoms with Gasteiger partial charge in [0.05, 0.1) is 4.90 Å². The summed E-state index contributed by atoms with van der Waals surface area (Å²) >= 11 is 3.30.